The molecule has 1 aromatic rings. The molecule has 0 unspecified atom stereocenters. The molecule has 0 atom stereocenters. The van der Waals surface area contributed by atoms with Gasteiger partial charge in [-0.15, -0.1) is 0 Å². The lowest BCUT2D eigenvalue weighted by Crippen LogP contribution is -1.95. The van der Waals surface area contributed by atoms with Gasteiger partial charge in [-0.25, -0.2) is 0 Å². The molecule has 1 aromatic carbocycles. The fraction of sp³-hybridized carbons (Fsp3) is 0.182. The zero-order chi connectivity index (χ0) is 10.4. The molecule has 1 rings (SSSR count). The molecule has 0 aliphatic heterocycles. The maximum atomic E-state index is 10.4. The molecule has 0 saturated carbocycles. The Labute approximate surface area is 88.4 Å². The van der Waals surface area contributed by atoms with Gasteiger partial charge >= 0.3 is 0 Å². The second kappa shape index (κ2) is 5.58. The summed E-state index contributed by atoms with van der Waals surface area (Å²) in [5, 5.41) is 0.586. The van der Waals surface area contributed by atoms with Crippen molar-refractivity contribution in [1.29, 1.82) is 0 Å². The van der Waals surface area contributed by atoms with Gasteiger partial charge in [0.15, 0.2) is 0 Å². The third-order valence-corrected chi connectivity index (χ3v) is 2.12. The fourth-order valence-corrected chi connectivity index (χ4v) is 1.31. The van der Waals surface area contributed by atoms with Gasteiger partial charge in [-0.1, -0.05) is 35.9 Å². The van der Waals surface area contributed by atoms with Crippen LogP contribution in [0.2, 0.25) is 5.02 Å². The summed E-state index contributed by atoms with van der Waals surface area (Å²) in [5.74, 6) is 0. The zero-order valence-electron chi connectivity index (χ0n) is 7.74. The number of benzene rings is 1. The average Bonchev–Trinajstić information content (AvgIpc) is 2.20. The molecule has 0 radical (unpaired) electrons. The molecule has 0 saturated heterocycles. The van der Waals surface area contributed by atoms with Gasteiger partial charge in [0.25, 0.3) is 0 Å². The number of aldehydes is 1. The van der Waals surface area contributed by atoms with Crippen molar-refractivity contribution < 1.29 is 4.79 Å². The van der Waals surface area contributed by atoms with Crippen LogP contribution in [0.15, 0.2) is 24.3 Å². The molecule has 0 aromatic heterocycles. The summed E-state index contributed by atoms with van der Waals surface area (Å²) in [6.07, 6.45) is 5.47. The van der Waals surface area contributed by atoms with Crippen molar-refractivity contribution in [3.8, 4) is 0 Å². The first-order valence-electron chi connectivity index (χ1n) is 4.39. The lowest BCUT2D eigenvalue weighted by molar-refractivity contribution is 0.112. The van der Waals surface area contributed by atoms with E-state index in [-0.39, 0.29) is 0 Å². The molecule has 0 amide bonds. The van der Waals surface area contributed by atoms with Crippen molar-refractivity contribution in [3.63, 3.8) is 0 Å². The van der Waals surface area contributed by atoms with Crippen molar-refractivity contribution in [2.45, 2.75) is 6.42 Å². The van der Waals surface area contributed by atoms with E-state index in [0.717, 1.165) is 18.3 Å². The van der Waals surface area contributed by atoms with Crippen molar-refractivity contribution in [3.05, 3.63) is 40.4 Å². The quantitative estimate of drug-likeness (QED) is 0.775. The first kappa shape index (κ1) is 11.0. The molecule has 14 heavy (non-hydrogen) atoms. The van der Waals surface area contributed by atoms with Crippen molar-refractivity contribution in [2.75, 3.05) is 6.54 Å². The lowest BCUT2D eigenvalue weighted by atomic mass is 10.1. The van der Waals surface area contributed by atoms with E-state index in [1.165, 1.54) is 0 Å². The predicted molar refractivity (Wildman–Crippen MR) is 59.5 cm³/mol. The topological polar surface area (TPSA) is 43.1 Å². The van der Waals surface area contributed by atoms with Crippen LogP contribution in [0.3, 0.4) is 0 Å². The third kappa shape index (κ3) is 2.98. The van der Waals surface area contributed by atoms with Gasteiger partial charge in [-0.3, -0.25) is 4.79 Å². The minimum absolute atomic E-state index is 0.586. The van der Waals surface area contributed by atoms with Gasteiger partial charge in [0, 0.05) is 10.6 Å². The Morgan fingerprint density at radius 3 is 2.79 bits per heavy atom. The van der Waals surface area contributed by atoms with Gasteiger partial charge in [0.1, 0.15) is 6.29 Å². The van der Waals surface area contributed by atoms with Crippen LogP contribution in [0.4, 0.5) is 0 Å². The smallest absolute Gasteiger partial charge is 0.150 e. The van der Waals surface area contributed by atoms with Gasteiger partial charge in [0.2, 0.25) is 0 Å². The third-order valence-electron chi connectivity index (χ3n) is 1.79. The number of hydrogen-bond donors (Lipinski definition) is 1. The number of carbonyl (C=O) groups excluding carboxylic acids is 1. The molecule has 2 N–H and O–H groups in total. The number of hydrogen-bond acceptors (Lipinski definition) is 2. The summed E-state index contributed by atoms with van der Waals surface area (Å²) in [4.78, 5) is 10.4. The number of carbonyl (C=O) groups is 1. The molecule has 0 spiro atoms. The summed E-state index contributed by atoms with van der Waals surface area (Å²) < 4.78 is 0. The number of halogens is 1. The molecule has 0 bridgehead atoms. The van der Waals surface area contributed by atoms with Gasteiger partial charge in [0.05, 0.1) is 0 Å². The van der Waals surface area contributed by atoms with Crippen LogP contribution in [0.1, 0.15) is 22.3 Å². The van der Waals surface area contributed by atoms with E-state index in [4.69, 9.17) is 17.3 Å². The Hall–Kier alpha value is -1.12. The van der Waals surface area contributed by atoms with E-state index in [9.17, 15) is 4.79 Å². The Morgan fingerprint density at radius 2 is 2.21 bits per heavy atom. The van der Waals surface area contributed by atoms with E-state index in [0.29, 0.717) is 17.1 Å². The van der Waals surface area contributed by atoms with Crippen LogP contribution in [-0.2, 0) is 0 Å². The van der Waals surface area contributed by atoms with E-state index in [2.05, 4.69) is 0 Å². The maximum absolute atomic E-state index is 10.4. The van der Waals surface area contributed by atoms with Crippen LogP contribution in [0, 0.1) is 0 Å². The normalized spacial score (nSPS) is 10.7. The second-order valence-corrected chi connectivity index (χ2v) is 3.29. The first-order valence-corrected chi connectivity index (χ1v) is 4.77. The Morgan fingerprint density at radius 1 is 1.43 bits per heavy atom. The zero-order valence-corrected chi connectivity index (χ0v) is 8.50. The summed E-state index contributed by atoms with van der Waals surface area (Å²) in [7, 11) is 0. The van der Waals surface area contributed by atoms with Gasteiger partial charge in [-0.2, -0.15) is 0 Å². The largest absolute Gasteiger partial charge is 0.330 e. The molecule has 0 aliphatic carbocycles. The molecule has 0 heterocycles. The highest BCUT2D eigenvalue weighted by Gasteiger charge is 1.97. The van der Waals surface area contributed by atoms with E-state index in [1.54, 1.807) is 12.1 Å². The van der Waals surface area contributed by atoms with E-state index in [1.807, 2.05) is 18.2 Å². The fourth-order valence-electron chi connectivity index (χ4n) is 1.06. The van der Waals surface area contributed by atoms with Crippen molar-refractivity contribution in [1.82, 2.24) is 0 Å². The van der Waals surface area contributed by atoms with E-state index >= 15 is 0 Å². The van der Waals surface area contributed by atoms with Crippen LogP contribution < -0.4 is 5.73 Å². The minimum Gasteiger partial charge on any atom is -0.330 e. The number of nitrogens with two attached hydrogens (primary N) is 1. The Bertz CT molecular complexity index is 347. The second-order valence-electron chi connectivity index (χ2n) is 2.88. The molecular weight excluding hydrogens is 198 g/mol. The first-order chi connectivity index (χ1) is 6.77. The molecule has 3 heteroatoms. The minimum atomic E-state index is 0.586. The molecule has 0 aliphatic rings. The molecule has 0 fully saturated rings. The lowest BCUT2D eigenvalue weighted by Gasteiger charge is -1.98. The highest BCUT2D eigenvalue weighted by Crippen LogP contribution is 2.18. The maximum Gasteiger partial charge on any atom is 0.150 e. The summed E-state index contributed by atoms with van der Waals surface area (Å²) in [5.41, 5.74) is 6.84. The van der Waals surface area contributed by atoms with Gasteiger partial charge in [-0.05, 0) is 24.6 Å². The monoisotopic (exact) mass is 209 g/mol. The Balaban J connectivity index is 2.83. The van der Waals surface area contributed by atoms with Crippen LogP contribution in [0.5, 0.6) is 0 Å². The summed E-state index contributed by atoms with van der Waals surface area (Å²) in [6.45, 7) is 0.626. The number of rotatable bonds is 4. The SMILES string of the molecule is NCCC=Cc1ccc(C=O)cc1Cl. The van der Waals surface area contributed by atoms with Crippen molar-refractivity contribution in [2.24, 2.45) is 5.73 Å². The molecule has 74 valence electrons. The standard InChI is InChI=1S/C11H12ClNO/c12-11-7-9(8-14)4-5-10(11)3-1-2-6-13/h1,3-5,7-8H,2,6,13H2. The highest BCUT2D eigenvalue weighted by atomic mass is 35.5. The van der Waals surface area contributed by atoms with Gasteiger partial charge < -0.3 is 5.73 Å². The highest BCUT2D eigenvalue weighted by molar-refractivity contribution is 6.32. The molecule has 2 nitrogen and oxygen atoms in total. The predicted octanol–water partition coefficient (Wildman–Crippen LogP) is 2.51. The van der Waals surface area contributed by atoms with E-state index < -0.39 is 0 Å². The van der Waals surface area contributed by atoms with Crippen LogP contribution >= 0.6 is 11.6 Å². The van der Waals surface area contributed by atoms with Crippen LogP contribution in [0.25, 0.3) is 6.08 Å². The van der Waals surface area contributed by atoms with Crippen molar-refractivity contribution >= 4 is 24.0 Å². The Kier molecular flexibility index (Phi) is 4.36. The summed E-state index contributed by atoms with van der Waals surface area (Å²) >= 11 is 5.95. The average molecular weight is 210 g/mol. The summed E-state index contributed by atoms with van der Waals surface area (Å²) in [6, 6.07) is 5.21. The van der Waals surface area contributed by atoms with Crippen LogP contribution in [-0.4, -0.2) is 12.8 Å². The molecular formula is C11H12ClNO.